The number of piperidine rings is 1. The maximum Gasteiger partial charge on any atom is 0.338 e. The van der Waals surface area contributed by atoms with Crippen LogP contribution in [-0.4, -0.2) is 71.5 Å². The lowest BCUT2D eigenvalue weighted by atomic mass is 9.92. The van der Waals surface area contributed by atoms with E-state index >= 15 is 0 Å². The molecule has 1 unspecified atom stereocenters. The molecule has 0 saturated carbocycles. The van der Waals surface area contributed by atoms with E-state index in [0.717, 1.165) is 0 Å². The zero-order valence-electron chi connectivity index (χ0n) is 20.0. The van der Waals surface area contributed by atoms with Crippen LogP contribution in [0.1, 0.15) is 37.5 Å². The van der Waals surface area contributed by atoms with Crippen LogP contribution in [0, 0.1) is 0 Å². The molecule has 0 amide bonds. The Balaban J connectivity index is 1.38. The molecule has 5 rings (SSSR count). The van der Waals surface area contributed by atoms with Crippen molar-refractivity contribution in [3.8, 4) is 0 Å². The van der Waals surface area contributed by atoms with Gasteiger partial charge in [0.25, 0.3) is 0 Å². The Kier molecular flexibility index (Phi) is 7.30. The van der Waals surface area contributed by atoms with Crippen LogP contribution in [0.25, 0.3) is 0 Å². The van der Waals surface area contributed by atoms with E-state index < -0.39 is 48.4 Å². The molecule has 3 aromatic carbocycles. The lowest BCUT2D eigenvalue weighted by Gasteiger charge is -2.44. The van der Waals surface area contributed by atoms with Crippen LogP contribution in [0.5, 0.6) is 0 Å². The molecule has 2 aliphatic heterocycles. The number of carbonyl (C=O) groups excluding carboxylic acids is 3. The summed E-state index contributed by atoms with van der Waals surface area (Å²) in [5, 5.41) is 11.3. The molecule has 0 spiro atoms. The molecule has 0 radical (unpaired) electrons. The summed E-state index contributed by atoms with van der Waals surface area (Å²) in [6, 6.07) is 25.0. The summed E-state index contributed by atoms with van der Waals surface area (Å²) < 4.78 is 17.3. The number of nitrogens with zero attached hydrogens (tertiary/aromatic N) is 1. The number of ether oxygens (including phenoxy) is 3. The molecule has 37 heavy (non-hydrogen) atoms. The fourth-order valence-corrected chi connectivity index (χ4v) is 4.93. The van der Waals surface area contributed by atoms with Crippen LogP contribution in [0.15, 0.2) is 91.0 Å². The second-order valence-electron chi connectivity index (χ2n) is 9.12. The number of hydrogen-bond donors (Lipinski definition) is 1. The van der Waals surface area contributed by atoms with Crippen molar-refractivity contribution in [2.45, 2.75) is 36.9 Å². The van der Waals surface area contributed by atoms with Gasteiger partial charge < -0.3 is 19.3 Å². The van der Waals surface area contributed by atoms with E-state index in [2.05, 4.69) is 0 Å². The van der Waals surface area contributed by atoms with Crippen molar-refractivity contribution in [3.63, 3.8) is 0 Å². The van der Waals surface area contributed by atoms with Gasteiger partial charge in [-0.2, -0.15) is 0 Å². The molecular weight excluding hydrogens is 474 g/mol. The first-order chi connectivity index (χ1) is 18.0. The van der Waals surface area contributed by atoms with Gasteiger partial charge in [0, 0.05) is 13.1 Å². The van der Waals surface area contributed by atoms with Gasteiger partial charge in [0.05, 0.1) is 22.7 Å². The number of esters is 3. The van der Waals surface area contributed by atoms with E-state index in [1.165, 1.54) is 0 Å². The minimum atomic E-state index is -1.32. The van der Waals surface area contributed by atoms with Crippen molar-refractivity contribution in [1.82, 2.24) is 4.90 Å². The molecule has 3 aromatic rings. The Hall–Kier alpha value is -4.01. The van der Waals surface area contributed by atoms with Gasteiger partial charge in [-0.1, -0.05) is 54.6 Å². The molecule has 2 aliphatic rings. The highest BCUT2D eigenvalue weighted by atomic mass is 16.6. The number of hydrogen-bond acceptors (Lipinski definition) is 8. The van der Waals surface area contributed by atoms with E-state index in [4.69, 9.17) is 14.2 Å². The summed E-state index contributed by atoms with van der Waals surface area (Å²) in [4.78, 5) is 40.5. The number of fused-ring (bicyclic) bond motifs is 1. The zero-order valence-corrected chi connectivity index (χ0v) is 20.0. The topological polar surface area (TPSA) is 102 Å². The first kappa shape index (κ1) is 24.7. The summed E-state index contributed by atoms with van der Waals surface area (Å²) >= 11 is 0. The number of aliphatic hydroxyl groups excluding tert-OH is 1. The predicted octanol–water partition coefficient (Wildman–Crippen LogP) is 3.11. The summed E-state index contributed by atoms with van der Waals surface area (Å²) in [6.07, 6.45) is -3.50. The molecule has 5 atom stereocenters. The average molecular weight is 502 g/mol. The van der Waals surface area contributed by atoms with Gasteiger partial charge in [0.15, 0.2) is 6.10 Å². The van der Waals surface area contributed by atoms with Crippen molar-refractivity contribution >= 4 is 17.9 Å². The lowest BCUT2D eigenvalue weighted by molar-refractivity contribution is -0.147. The average Bonchev–Trinajstić information content (AvgIpc) is 3.34. The fourth-order valence-electron chi connectivity index (χ4n) is 4.93. The standard InChI is InChI=1S/C29H27NO7/c31-25-23(36-28(33)20-12-6-2-7-13-20)18-30-17-16-22(35-27(32)19-10-4-1-5-11-19)24(30)26(25)37-29(34)21-14-8-3-9-15-21/h1-15,22-26,31H,16-18H2/t22-,23-,24?,25+,26+/m0/s1. The molecule has 0 bridgehead atoms. The van der Waals surface area contributed by atoms with Crippen molar-refractivity contribution in [2.75, 3.05) is 13.1 Å². The van der Waals surface area contributed by atoms with E-state index in [0.29, 0.717) is 29.7 Å². The Bertz CT molecular complexity index is 1180. The van der Waals surface area contributed by atoms with Crippen molar-refractivity contribution in [2.24, 2.45) is 0 Å². The number of aliphatic hydroxyl groups is 1. The largest absolute Gasteiger partial charge is 0.457 e. The highest BCUT2D eigenvalue weighted by Gasteiger charge is 2.53. The van der Waals surface area contributed by atoms with Crippen LogP contribution in [-0.2, 0) is 14.2 Å². The Morgan fingerprint density at radius 3 is 1.57 bits per heavy atom. The fraction of sp³-hybridized carbons (Fsp3) is 0.276. The molecule has 8 nitrogen and oxygen atoms in total. The number of carbonyl (C=O) groups is 3. The molecule has 0 aromatic heterocycles. The number of rotatable bonds is 6. The lowest BCUT2D eigenvalue weighted by Crippen LogP contribution is -2.63. The molecule has 1 N–H and O–H groups in total. The summed E-state index contributed by atoms with van der Waals surface area (Å²) in [5.74, 6) is -1.70. The molecule has 2 heterocycles. The van der Waals surface area contributed by atoms with Crippen LogP contribution in [0.3, 0.4) is 0 Å². The van der Waals surface area contributed by atoms with E-state index in [-0.39, 0.29) is 6.54 Å². The predicted molar refractivity (Wildman–Crippen MR) is 133 cm³/mol. The Morgan fingerprint density at radius 1 is 0.649 bits per heavy atom. The minimum absolute atomic E-state index is 0.211. The monoisotopic (exact) mass is 501 g/mol. The minimum Gasteiger partial charge on any atom is -0.457 e. The smallest absolute Gasteiger partial charge is 0.338 e. The third kappa shape index (κ3) is 5.40. The molecular formula is C29H27NO7. The van der Waals surface area contributed by atoms with Crippen LogP contribution >= 0.6 is 0 Å². The normalized spacial score (nSPS) is 25.1. The molecule has 0 aliphatic carbocycles. The van der Waals surface area contributed by atoms with Crippen LogP contribution in [0.4, 0.5) is 0 Å². The molecule has 190 valence electrons. The number of benzene rings is 3. The molecule has 2 saturated heterocycles. The van der Waals surface area contributed by atoms with E-state index in [1.807, 2.05) is 11.0 Å². The van der Waals surface area contributed by atoms with Gasteiger partial charge in [0.2, 0.25) is 0 Å². The molecule has 2 fully saturated rings. The Labute approximate surface area is 214 Å². The highest BCUT2D eigenvalue weighted by molar-refractivity contribution is 5.90. The second-order valence-corrected chi connectivity index (χ2v) is 9.12. The van der Waals surface area contributed by atoms with Crippen molar-refractivity contribution in [3.05, 3.63) is 108 Å². The third-order valence-corrected chi connectivity index (χ3v) is 6.76. The zero-order chi connectivity index (χ0) is 25.8. The van der Waals surface area contributed by atoms with Gasteiger partial charge in [0.1, 0.15) is 18.3 Å². The van der Waals surface area contributed by atoms with Crippen molar-refractivity contribution in [1.29, 1.82) is 0 Å². The summed E-state index contributed by atoms with van der Waals surface area (Å²) in [7, 11) is 0. The van der Waals surface area contributed by atoms with Crippen molar-refractivity contribution < 1.29 is 33.7 Å². The van der Waals surface area contributed by atoms with Crippen LogP contribution in [0.2, 0.25) is 0 Å². The SMILES string of the molecule is O=C(O[C@H]1CCN2C[C@H](OC(=O)c3ccccc3)[C@@H](O)[C@H](OC(=O)c3ccccc3)C12)c1ccccc1. The van der Waals surface area contributed by atoms with Gasteiger partial charge in [-0.05, 0) is 42.8 Å². The summed E-state index contributed by atoms with van der Waals surface area (Å²) in [5.41, 5.74) is 1.08. The maximum atomic E-state index is 13.0. The second kappa shape index (κ2) is 10.9. The van der Waals surface area contributed by atoms with E-state index in [1.54, 1.807) is 84.9 Å². The third-order valence-electron chi connectivity index (χ3n) is 6.76. The quantitative estimate of drug-likeness (QED) is 0.406. The van der Waals surface area contributed by atoms with Gasteiger partial charge in [-0.15, -0.1) is 0 Å². The molecule has 8 heteroatoms. The van der Waals surface area contributed by atoms with E-state index in [9.17, 15) is 19.5 Å². The maximum absolute atomic E-state index is 13.0. The Morgan fingerprint density at radius 2 is 1.08 bits per heavy atom. The van der Waals surface area contributed by atoms with Gasteiger partial charge >= 0.3 is 17.9 Å². The van der Waals surface area contributed by atoms with Gasteiger partial charge in [-0.25, -0.2) is 14.4 Å². The van der Waals surface area contributed by atoms with Crippen LogP contribution < -0.4 is 0 Å². The summed E-state index contributed by atoms with van der Waals surface area (Å²) in [6.45, 7) is 0.728. The first-order valence-electron chi connectivity index (χ1n) is 12.2. The first-order valence-corrected chi connectivity index (χ1v) is 12.2. The highest BCUT2D eigenvalue weighted by Crippen LogP contribution is 2.34. The van der Waals surface area contributed by atoms with Gasteiger partial charge in [-0.3, -0.25) is 4.90 Å².